The molecule has 0 spiro atoms. The molecule has 1 aliphatic heterocycles. The Morgan fingerprint density at radius 3 is 2.58 bits per heavy atom. The van der Waals surface area contributed by atoms with E-state index in [-0.39, 0.29) is 5.91 Å². The Hall–Kier alpha value is -3.84. The molecule has 1 atom stereocenters. The van der Waals surface area contributed by atoms with Gasteiger partial charge in [0.1, 0.15) is 6.04 Å². The summed E-state index contributed by atoms with van der Waals surface area (Å²) in [7, 11) is 0. The molecule has 0 saturated heterocycles. The van der Waals surface area contributed by atoms with Crippen molar-refractivity contribution in [3.8, 4) is 11.6 Å². The third-order valence-electron chi connectivity index (χ3n) is 5.06. The summed E-state index contributed by atoms with van der Waals surface area (Å²) in [4.78, 5) is 17.9. The van der Waals surface area contributed by atoms with Gasteiger partial charge in [-0.1, -0.05) is 41.9 Å². The lowest BCUT2D eigenvalue weighted by Gasteiger charge is -2.28. The minimum absolute atomic E-state index is 0.225. The number of halogens is 1. The first kappa shape index (κ1) is 19.1. The van der Waals surface area contributed by atoms with Gasteiger partial charge in [0.2, 0.25) is 11.8 Å². The third-order valence-corrected chi connectivity index (χ3v) is 5.31. The van der Waals surface area contributed by atoms with E-state index in [0.29, 0.717) is 39.5 Å². The number of fused-ring (bicyclic) bond motifs is 1. The molecule has 2 aromatic carbocycles. The number of nitrogens with one attached hydrogen (secondary N) is 2. The van der Waals surface area contributed by atoms with E-state index in [1.807, 2.05) is 49.4 Å². The smallest absolute Gasteiger partial charge is 0.255 e. The first-order valence-electron chi connectivity index (χ1n) is 9.70. The van der Waals surface area contributed by atoms with Crippen LogP contribution in [0.15, 0.2) is 88.7 Å². The van der Waals surface area contributed by atoms with E-state index in [1.54, 1.807) is 35.2 Å². The number of rotatable bonds is 4. The molecule has 8 heteroatoms. The van der Waals surface area contributed by atoms with E-state index in [1.165, 1.54) is 0 Å². The summed E-state index contributed by atoms with van der Waals surface area (Å²) in [5, 5.41) is 11.5. The Morgan fingerprint density at radius 2 is 1.87 bits per heavy atom. The van der Waals surface area contributed by atoms with Crippen LogP contribution >= 0.6 is 11.6 Å². The van der Waals surface area contributed by atoms with Crippen LogP contribution < -0.4 is 10.6 Å². The molecule has 7 nitrogen and oxygen atoms in total. The van der Waals surface area contributed by atoms with Crippen molar-refractivity contribution in [1.29, 1.82) is 0 Å². The average Bonchev–Trinajstić information content (AvgIpc) is 3.44. The fourth-order valence-electron chi connectivity index (χ4n) is 3.63. The Kier molecular flexibility index (Phi) is 4.80. The van der Waals surface area contributed by atoms with Gasteiger partial charge in [0.25, 0.3) is 5.91 Å². The number of aromatic nitrogens is 3. The average molecular weight is 432 g/mol. The lowest BCUT2D eigenvalue weighted by Crippen LogP contribution is -2.31. The molecule has 1 aliphatic rings. The highest BCUT2D eigenvalue weighted by Crippen LogP contribution is 2.37. The van der Waals surface area contributed by atoms with Gasteiger partial charge in [0, 0.05) is 16.4 Å². The summed E-state index contributed by atoms with van der Waals surface area (Å²) in [6.45, 7) is 1.85. The molecule has 0 radical (unpaired) electrons. The number of nitrogens with zero attached hydrogens (tertiary/aromatic N) is 3. The molecule has 0 fully saturated rings. The molecule has 0 aliphatic carbocycles. The van der Waals surface area contributed by atoms with Crippen molar-refractivity contribution in [2.24, 2.45) is 0 Å². The Labute approximate surface area is 183 Å². The minimum atomic E-state index is -0.492. The molecule has 0 saturated carbocycles. The number of hydrogen-bond donors (Lipinski definition) is 2. The number of carbonyl (C=O) groups excluding carboxylic acids is 1. The molecule has 4 aromatic rings. The molecule has 5 rings (SSSR count). The van der Waals surface area contributed by atoms with Gasteiger partial charge in [0.05, 0.1) is 11.8 Å². The van der Waals surface area contributed by atoms with Crippen molar-refractivity contribution in [3.05, 3.63) is 94.8 Å². The van der Waals surface area contributed by atoms with Crippen LogP contribution in [0.2, 0.25) is 5.02 Å². The van der Waals surface area contributed by atoms with E-state index in [9.17, 15) is 4.79 Å². The standard InChI is InChI=1S/C23H18ClN5O2/c1-14-19(22(30)26-17-6-3-2-4-7-17)20(15-9-11-16(24)12-10-15)29-23(25-14)27-21(28-29)18-8-5-13-31-18/h2-13,20H,1H3,(H,26,30)(H,25,27,28). The quantitative estimate of drug-likeness (QED) is 0.468. The Morgan fingerprint density at radius 1 is 1.10 bits per heavy atom. The molecule has 2 aromatic heterocycles. The first-order chi connectivity index (χ1) is 15.1. The van der Waals surface area contributed by atoms with Crippen molar-refractivity contribution in [2.45, 2.75) is 13.0 Å². The molecular formula is C23H18ClN5O2. The van der Waals surface area contributed by atoms with Crippen molar-refractivity contribution >= 4 is 29.1 Å². The Balaban J connectivity index is 1.60. The molecule has 31 heavy (non-hydrogen) atoms. The normalized spacial score (nSPS) is 15.4. The maximum absolute atomic E-state index is 13.4. The molecule has 154 valence electrons. The zero-order valence-corrected chi connectivity index (χ0v) is 17.3. The van der Waals surface area contributed by atoms with Gasteiger partial charge < -0.3 is 15.1 Å². The van der Waals surface area contributed by atoms with Crippen LogP contribution in [-0.4, -0.2) is 20.7 Å². The zero-order valence-electron chi connectivity index (χ0n) is 16.5. The highest BCUT2D eigenvalue weighted by atomic mass is 35.5. The maximum Gasteiger partial charge on any atom is 0.255 e. The number of carbonyl (C=O) groups is 1. The summed E-state index contributed by atoms with van der Waals surface area (Å²) >= 11 is 6.11. The van der Waals surface area contributed by atoms with Gasteiger partial charge in [-0.05, 0) is 48.9 Å². The molecule has 2 N–H and O–H groups in total. The Bertz CT molecular complexity index is 1260. The van der Waals surface area contributed by atoms with E-state index < -0.39 is 6.04 Å². The van der Waals surface area contributed by atoms with Gasteiger partial charge >= 0.3 is 0 Å². The lowest BCUT2D eigenvalue weighted by atomic mass is 9.95. The van der Waals surface area contributed by atoms with Crippen LogP contribution in [0.4, 0.5) is 11.6 Å². The van der Waals surface area contributed by atoms with Crippen molar-refractivity contribution < 1.29 is 9.21 Å². The summed E-state index contributed by atoms with van der Waals surface area (Å²) in [6, 6.07) is 19.8. The molecular weight excluding hydrogens is 414 g/mol. The summed E-state index contributed by atoms with van der Waals surface area (Å²) in [6.07, 6.45) is 1.57. The van der Waals surface area contributed by atoms with Gasteiger partial charge in [0.15, 0.2) is 5.76 Å². The fraction of sp³-hybridized carbons (Fsp3) is 0.0870. The van der Waals surface area contributed by atoms with Crippen LogP contribution in [0.3, 0.4) is 0 Å². The lowest BCUT2D eigenvalue weighted by molar-refractivity contribution is -0.113. The van der Waals surface area contributed by atoms with E-state index >= 15 is 0 Å². The third kappa shape index (κ3) is 3.60. The van der Waals surface area contributed by atoms with Crippen molar-refractivity contribution in [2.75, 3.05) is 10.6 Å². The van der Waals surface area contributed by atoms with Gasteiger partial charge in [-0.2, -0.15) is 4.98 Å². The van der Waals surface area contributed by atoms with Gasteiger partial charge in [-0.15, -0.1) is 5.10 Å². The maximum atomic E-state index is 13.4. The SMILES string of the molecule is CC1=C(C(=O)Nc2ccccc2)C(c2ccc(Cl)cc2)n2nc(-c3ccco3)nc2N1. The number of hydrogen-bond acceptors (Lipinski definition) is 5. The van der Waals surface area contributed by atoms with Crippen LogP contribution in [-0.2, 0) is 4.79 Å². The summed E-state index contributed by atoms with van der Waals surface area (Å²) < 4.78 is 7.16. The predicted octanol–water partition coefficient (Wildman–Crippen LogP) is 5.12. The van der Waals surface area contributed by atoms with E-state index in [4.69, 9.17) is 16.0 Å². The van der Waals surface area contributed by atoms with Gasteiger partial charge in [-0.3, -0.25) is 4.79 Å². The number of anilines is 2. The number of para-hydroxylation sites is 1. The highest BCUT2D eigenvalue weighted by Gasteiger charge is 2.34. The second-order valence-electron chi connectivity index (χ2n) is 7.12. The van der Waals surface area contributed by atoms with Crippen molar-refractivity contribution in [3.63, 3.8) is 0 Å². The number of furan rings is 1. The first-order valence-corrected chi connectivity index (χ1v) is 10.1. The van der Waals surface area contributed by atoms with Crippen LogP contribution in [0.25, 0.3) is 11.6 Å². The van der Waals surface area contributed by atoms with E-state index in [2.05, 4.69) is 20.7 Å². The summed E-state index contributed by atoms with van der Waals surface area (Å²) in [5.74, 6) is 1.28. The predicted molar refractivity (Wildman–Crippen MR) is 119 cm³/mol. The van der Waals surface area contributed by atoms with Crippen LogP contribution in [0.1, 0.15) is 18.5 Å². The number of allylic oxidation sites excluding steroid dienone is 1. The van der Waals surface area contributed by atoms with Crippen molar-refractivity contribution in [1.82, 2.24) is 14.8 Å². The highest BCUT2D eigenvalue weighted by molar-refractivity contribution is 6.30. The second-order valence-corrected chi connectivity index (χ2v) is 7.56. The number of amides is 1. The van der Waals surface area contributed by atoms with E-state index in [0.717, 1.165) is 5.56 Å². The molecule has 1 unspecified atom stereocenters. The number of benzene rings is 2. The van der Waals surface area contributed by atoms with Crippen LogP contribution in [0.5, 0.6) is 0 Å². The van der Waals surface area contributed by atoms with Crippen LogP contribution in [0, 0.1) is 0 Å². The fourth-order valence-corrected chi connectivity index (χ4v) is 3.75. The molecule has 1 amide bonds. The van der Waals surface area contributed by atoms with Gasteiger partial charge in [-0.25, -0.2) is 4.68 Å². The minimum Gasteiger partial charge on any atom is -0.461 e. The topological polar surface area (TPSA) is 85.0 Å². The largest absolute Gasteiger partial charge is 0.461 e. The second kappa shape index (κ2) is 7.77. The monoisotopic (exact) mass is 431 g/mol. The molecule has 0 bridgehead atoms. The zero-order chi connectivity index (χ0) is 21.4. The summed E-state index contributed by atoms with van der Waals surface area (Å²) in [5.41, 5.74) is 2.80. The molecule has 3 heterocycles.